The number of benzene rings is 3. The quantitative estimate of drug-likeness (QED) is 0.417. The molecule has 3 amide bonds. The number of rotatable bonds is 6. The highest BCUT2D eigenvalue weighted by Crippen LogP contribution is 2.28. The van der Waals surface area contributed by atoms with E-state index in [1.165, 1.54) is 36.3 Å². The smallest absolute Gasteiger partial charge is 0.337 e. The van der Waals surface area contributed by atoms with Gasteiger partial charge in [-0.1, -0.05) is 48.0 Å². The van der Waals surface area contributed by atoms with Crippen LogP contribution in [0.2, 0.25) is 0 Å². The highest BCUT2D eigenvalue weighted by atomic mass is 16.5. The summed E-state index contributed by atoms with van der Waals surface area (Å²) in [6.45, 7) is 2.12. The average molecular weight is 456 g/mol. The predicted molar refractivity (Wildman–Crippen MR) is 126 cm³/mol. The fourth-order valence-corrected chi connectivity index (χ4v) is 3.96. The fraction of sp³-hybridized carbons (Fsp3) is 0.185. The Morgan fingerprint density at radius 3 is 2.15 bits per heavy atom. The number of hydrogen-bond donors (Lipinski definition) is 0. The van der Waals surface area contributed by atoms with Gasteiger partial charge in [0.2, 0.25) is 5.91 Å². The molecule has 0 saturated carbocycles. The highest BCUT2D eigenvalue weighted by Gasteiger charge is 2.44. The first-order valence-corrected chi connectivity index (χ1v) is 10.9. The minimum absolute atomic E-state index is 0.123. The number of carbonyl (C=O) groups excluding carboxylic acids is 4. The zero-order valence-electron chi connectivity index (χ0n) is 18.9. The van der Waals surface area contributed by atoms with E-state index in [-0.39, 0.29) is 18.9 Å². The fourth-order valence-electron chi connectivity index (χ4n) is 3.96. The van der Waals surface area contributed by atoms with E-state index < -0.39 is 23.8 Å². The lowest BCUT2D eigenvalue weighted by molar-refractivity contribution is -0.122. The van der Waals surface area contributed by atoms with Crippen molar-refractivity contribution in [2.75, 3.05) is 12.0 Å². The summed E-state index contributed by atoms with van der Waals surface area (Å²) in [5, 5.41) is 0. The molecule has 34 heavy (non-hydrogen) atoms. The molecule has 7 heteroatoms. The summed E-state index contributed by atoms with van der Waals surface area (Å²) < 4.78 is 4.69. The molecule has 3 aromatic rings. The van der Waals surface area contributed by atoms with Crippen LogP contribution in [-0.4, -0.2) is 41.7 Å². The minimum atomic E-state index is -0.943. The van der Waals surface area contributed by atoms with Gasteiger partial charge in [0, 0.05) is 12.1 Å². The maximum absolute atomic E-state index is 13.5. The van der Waals surface area contributed by atoms with Crippen molar-refractivity contribution < 1.29 is 23.9 Å². The molecule has 1 saturated heterocycles. The monoisotopic (exact) mass is 456 g/mol. The second-order valence-electron chi connectivity index (χ2n) is 8.11. The zero-order chi connectivity index (χ0) is 24.2. The Morgan fingerprint density at radius 2 is 1.53 bits per heavy atom. The molecule has 0 spiro atoms. The lowest BCUT2D eigenvalue weighted by atomic mass is 10.1. The number of hydrogen-bond acceptors (Lipinski definition) is 5. The van der Waals surface area contributed by atoms with Gasteiger partial charge in [-0.05, 0) is 48.9 Å². The van der Waals surface area contributed by atoms with Crippen LogP contribution >= 0.6 is 0 Å². The second kappa shape index (κ2) is 9.70. The van der Waals surface area contributed by atoms with Gasteiger partial charge in [-0.15, -0.1) is 0 Å². The van der Waals surface area contributed by atoms with Crippen molar-refractivity contribution in [1.82, 2.24) is 4.90 Å². The minimum Gasteiger partial charge on any atom is -0.465 e. The van der Waals surface area contributed by atoms with Gasteiger partial charge in [0.05, 0.1) is 24.8 Å². The molecule has 1 atom stereocenters. The van der Waals surface area contributed by atoms with Crippen molar-refractivity contribution in [3.63, 3.8) is 0 Å². The molecule has 1 unspecified atom stereocenters. The summed E-state index contributed by atoms with van der Waals surface area (Å²) in [6.07, 6.45) is -0.123. The van der Waals surface area contributed by atoms with Gasteiger partial charge >= 0.3 is 5.97 Å². The van der Waals surface area contributed by atoms with E-state index in [0.29, 0.717) is 16.8 Å². The van der Waals surface area contributed by atoms with E-state index >= 15 is 0 Å². The highest BCUT2D eigenvalue weighted by molar-refractivity contribution is 6.23. The zero-order valence-corrected chi connectivity index (χ0v) is 18.9. The van der Waals surface area contributed by atoms with Crippen LogP contribution in [-0.2, 0) is 20.9 Å². The summed E-state index contributed by atoms with van der Waals surface area (Å²) in [5.74, 6) is -1.72. The van der Waals surface area contributed by atoms with Gasteiger partial charge in [-0.25, -0.2) is 9.69 Å². The van der Waals surface area contributed by atoms with Crippen LogP contribution in [0.3, 0.4) is 0 Å². The van der Waals surface area contributed by atoms with Gasteiger partial charge in [-0.2, -0.15) is 0 Å². The summed E-state index contributed by atoms with van der Waals surface area (Å²) in [4.78, 5) is 54.1. The lowest BCUT2D eigenvalue weighted by Gasteiger charge is -2.28. The molecule has 1 heterocycles. The summed E-state index contributed by atoms with van der Waals surface area (Å²) in [5.41, 5.74) is 2.96. The molecule has 1 aliphatic rings. The van der Waals surface area contributed by atoms with E-state index in [2.05, 4.69) is 0 Å². The number of amides is 3. The number of esters is 1. The number of imide groups is 1. The third-order valence-corrected chi connectivity index (χ3v) is 5.80. The number of carbonyl (C=O) groups is 4. The Labute approximate surface area is 197 Å². The second-order valence-corrected chi connectivity index (χ2v) is 8.11. The molecule has 0 aliphatic carbocycles. The molecule has 7 nitrogen and oxygen atoms in total. The summed E-state index contributed by atoms with van der Waals surface area (Å²) in [7, 11) is 1.28. The first kappa shape index (κ1) is 22.9. The molecule has 4 rings (SSSR count). The maximum Gasteiger partial charge on any atom is 0.337 e. The van der Waals surface area contributed by atoms with E-state index in [0.717, 1.165) is 16.0 Å². The Bertz CT molecular complexity index is 1220. The third kappa shape index (κ3) is 4.59. The van der Waals surface area contributed by atoms with Crippen LogP contribution in [0.15, 0.2) is 78.9 Å². The van der Waals surface area contributed by atoms with Crippen molar-refractivity contribution in [1.29, 1.82) is 0 Å². The van der Waals surface area contributed by atoms with Crippen LogP contribution in [0.1, 0.15) is 38.3 Å². The molecule has 3 aromatic carbocycles. The van der Waals surface area contributed by atoms with Crippen molar-refractivity contribution in [2.45, 2.75) is 25.9 Å². The van der Waals surface area contributed by atoms with Crippen molar-refractivity contribution in [3.8, 4) is 0 Å². The van der Waals surface area contributed by atoms with Gasteiger partial charge < -0.3 is 9.64 Å². The molecular formula is C27H24N2O5. The molecule has 0 N–H and O–H groups in total. The van der Waals surface area contributed by atoms with Crippen LogP contribution in [0.25, 0.3) is 0 Å². The number of ether oxygens (including phenoxy) is 1. The molecule has 172 valence electrons. The number of aryl methyl sites for hydroxylation is 1. The van der Waals surface area contributed by atoms with Crippen LogP contribution in [0.4, 0.5) is 5.69 Å². The SMILES string of the molecule is COC(=O)c1ccc(N2C(=O)CC(N(Cc3ccccc3)C(=O)c3ccc(C)cc3)C2=O)cc1. The normalized spacial score (nSPS) is 15.4. The molecular weight excluding hydrogens is 432 g/mol. The van der Waals surface area contributed by atoms with Gasteiger partial charge in [0.15, 0.2) is 0 Å². The lowest BCUT2D eigenvalue weighted by Crippen LogP contribution is -2.45. The molecule has 0 radical (unpaired) electrons. The van der Waals surface area contributed by atoms with E-state index in [1.807, 2.05) is 49.4 Å². The predicted octanol–water partition coefficient (Wildman–Crippen LogP) is 3.76. The van der Waals surface area contributed by atoms with E-state index in [4.69, 9.17) is 4.74 Å². The van der Waals surface area contributed by atoms with Crippen molar-refractivity contribution >= 4 is 29.4 Å². The van der Waals surface area contributed by atoms with Crippen LogP contribution < -0.4 is 4.90 Å². The number of anilines is 1. The first-order valence-electron chi connectivity index (χ1n) is 10.9. The number of nitrogens with zero attached hydrogens (tertiary/aromatic N) is 2. The summed E-state index contributed by atoms with van der Waals surface area (Å²) >= 11 is 0. The Hall–Kier alpha value is -4.26. The third-order valence-electron chi connectivity index (χ3n) is 5.80. The molecule has 1 fully saturated rings. The molecule has 0 aromatic heterocycles. The Kier molecular flexibility index (Phi) is 6.54. The van der Waals surface area contributed by atoms with Gasteiger partial charge in [-0.3, -0.25) is 14.4 Å². The Balaban J connectivity index is 1.65. The van der Waals surface area contributed by atoms with Gasteiger partial charge in [0.25, 0.3) is 11.8 Å². The summed E-state index contributed by atoms with van der Waals surface area (Å²) in [6, 6.07) is 21.6. The topological polar surface area (TPSA) is 84.0 Å². The molecule has 0 bridgehead atoms. The van der Waals surface area contributed by atoms with Gasteiger partial charge in [0.1, 0.15) is 6.04 Å². The number of methoxy groups -OCH3 is 1. The van der Waals surface area contributed by atoms with E-state index in [9.17, 15) is 19.2 Å². The standard InChI is InChI=1S/C27H24N2O5/c1-18-8-10-20(11-9-18)25(31)28(17-19-6-4-3-5-7-19)23-16-24(30)29(26(23)32)22-14-12-21(13-15-22)27(33)34-2/h3-15,23H,16-17H2,1-2H3. The van der Waals surface area contributed by atoms with Crippen LogP contribution in [0, 0.1) is 6.92 Å². The van der Waals surface area contributed by atoms with Crippen molar-refractivity contribution in [2.24, 2.45) is 0 Å². The van der Waals surface area contributed by atoms with Crippen LogP contribution in [0.5, 0.6) is 0 Å². The Morgan fingerprint density at radius 1 is 0.912 bits per heavy atom. The van der Waals surface area contributed by atoms with E-state index in [1.54, 1.807) is 12.1 Å². The largest absolute Gasteiger partial charge is 0.465 e. The van der Waals surface area contributed by atoms with Crippen molar-refractivity contribution in [3.05, 3.63) is 101 Å². The molecule has 1 aliphatic heterocycles. The average Bonchev–Trinajstić information content (AvgIpc) is 3.16. The first-order chi connectivity index (χ1) is 16.4. The maximum atomic E-state index is 13.5.